The third-order valence-electron chi connectivity index (χ3n) is 2.68. The van der Waals surface area contributed by atoms with Gasteiger partial charge in [-0.1, -0.05) is 32.6 Å². The molecule has 0 atom stereocenters. The molecule has 2 N–H and O–H groups in total. The Hall–Kier alpha value is 0.0249. The number of hydrogen-bond donors (Lipinski definition) is 1. The van der Waals surface area contributed by atoms with Gasteiger partial charge >= 0.3 is 0 Å². The van der Waals surface area contributed by atoms with E-state index in [1.54, 1.807) is 0 Å². The first-order valence-corrected chi connectivity index (χ1v) is 4.68. The molecule has 0 aromatic carbocycles. The number of rotatable bonds is 0. The molecule has 1 aliphatic rings. The van der Waals surface area contributed by atoms with Gasteiger partial charge in [-0.2, -0.15) is 0 Å². The van der Waals surface area contributed by atoms with Gasteiger partial charge in [0, 0.05) is 0 Å². The molecule has 1 nitrogen and oxygen atoms in total. The van der Waals surface area contributed by atoms with Crippen LogP contribution in [0.3, 0.4) is 0 Å². The molecule has 11 heavy (non-hydrogen) atoms. The molecule has 0 spiro atoms. The van der Waals surface area contributed by atoms with E-state index in [0.717, 1.165) is 18.8 Å². The van der Waals surface area contributed by atoms with Crippen LogP contribution in [0.4, 0.5) is 0 Å². The van der Waals surface area contributed by atoms with E-state index in [0.29, 0.717) is 0 Å². The zero-order valence-corrected chi connectivity index (χ0v) is 7.47. The van der Waals surface area contributed by atoms with Gasteiger partial charge in [-0.15, -0.1) is 0 Å². The average molecular weight is 151 g/mol. The standard InChI is InChI=1S/C9H18BN/c1-8-4-2-6-9(10,11)7-3-5-8/h8H,2-7,11H2,1H3. The number of nitrogens with two attached hydrogens (primary N) is 1. The second kappa shape index (κ2) is 3.62. The van der Waals surface area contributed by atoms with E-state index in [2.05, 4.69) is 6.92 Å². The van der Waals surface area contributed by atoms with Crippen molar-refractivity contribution >= 4 is 7.85 Å². The first-order chi connectivity index (χ1) is 5.10. The van der Waals surface area contributed by atoms with Crippen LogP contribution in [-0.4, -0.2) is 13.3 Å². The second-order valence-electron chi connectivity index (χ2n) is 4.12. The van der Waals surface area contributed by atoms with Gasteiger partial charge in [-0.25, -0.2) is 0 Å². The quantitative estimate of drug-likeness (QED) is 0.525. The Morgan fingerprint density at radius 3 is 2.18 bits per heavy atom. The fourth-order valence-corrected chi connectivity index (χ4v) is 1.83. The molecule has 1 fully saturated rings. The Labute approximate surface area is 71.1 Å². The molecule has 1 rings (SSSR count). The van der Waals surface area contributed by atoms with Crippen molar-refractivity contribution in [2.45, 2.75) is 50.9 Å². The molecule has 0 bridgehead atoms. The molecule has 0 unspecified atom stereocenters. The van der Waals surface area contributed by atoms with Crippen molar-refractivity contribution in [3.63, 3.8) is 0 Å². The highest BCUT2D eigenvalue weighted by molar-refractivity contribution is 6.15. The second-order valence-corrected chi connectivity index (χ2v) is 4.12. The highest BCUT2D eigenvalue weighted by Crippen LogP contribution is 2.24. The summed E-state index contributed by atoms with van der Waals surface area (Å²) < 4.78 is 0. The summed E-state index contributed by atoms with van der Waals surface area (Å²) in [4.78, 5) is 0. The molecular formula is C9H18BN. The van der Waals surface area contributed by atoms with Crippen LogP contribution >= 0.6 is 0 Å². The summed E-state index contributed by atoms with van der Waals surface area (Å²) in [5.74, 6) is 0.881. The third kappa shape index (κ3) is 3.28. The maximum Gasteiger partial charge on any atom is 0.0950 e. The molecule has 2 heteroatoms. The largest absolute Gasteiger partial charge is 0.333 e. The lowest BCUT2D eigenvalue weighted by atomic mass is 9.69. The average Bonchev–Trinajstić information content (AvgIpc) is 1.83. The Balaban J connectivity index is 2.35. The van der Waals surface area contributed by atoms with Gasteiger partial charge in [0.2, 0.25) is 0 Å². The molecule has 1 aliphatic carbocycles. The highest BCUT2D eigenvalue weighted by Gasteiger charge is 2.20. The predicted molar refractivity (Wildman–Crippen MR) is 49.5 cm³/mol. The van der Waals surface area contributed by atoms with E-state index >= 15 is 0 Å². The van der Waals surface area contributed by atoms with Crippen LogP contribution < -0.4 is 5.73 Å². The van der Waals surface area contributed by atoms with Gasteiger partial charge in [0.05, 0.1) is 7.85 Å². The highest BCUT2D eigenvalue weighted by atomic mass is 14.7. The van der Waals surface area contributed by atoms with Crippen molar-refractivity contribution in [1.82, 2.24) is 0 Å². The lowest BCUT2D eigenvalue weighted by molar-refractivity contribution is 0.355. The minimum Gasteiger partial charge on any atom is -0.333 e. The maximum absolute atomic E-state index is 5.87. The van der Waals surface area contributed by atoms with Crippen LogP contribution in [0.15, 0.2) is 0 Å². The van der Waals surface area contributed by atoms with Crippen molar-refractivity contribution < 1.29 is 0 Å². The lowest BCUT2D eigenvalue weighted by Gasteiger charge is -2.29. The fourth-order valence-electron chi connectivity index (χ4n) is 1.83. The van der Waals surface area contributed by atoms with Crippen LogP contribution in [0.2, 0.25) is 0 Å². The van der Waals surface area contributed by atoms with Gasteiger partial charge in [-0.05, 0) is 24.2 Å². The van der Waals surface area contributed by atoms with Crippen LogP contribution in [0, 0.1) is 5.92 Å². The van der Waals surface area contributed by atoms with Crippen molar-refractivity contribution in [1.29, 1.82) is 0 Å². The molecule has 0 saturated heterocycles. The minimum absolute atomic E-state index is 0.361. The fraction of sp³-hybridized carbons (Fsp3) is 1.00. The summed E-state index contributed by atoms with van der Waals surface area (Å²) in [6.07, 6.45) is 7.00. The van der Waals surface area contributed by atoms with E-state index in [-0.39, 0.29) is 5.44 Å². The summed E-state index contributed by atoms with van der Waals surface area (Å²) in [6.45, 7) is 2.32. The van der Waals surface area contributed by atoms with E-state index < -0.39 is 0 Å². The molecular weight excluding hydrogens is 133 g/mol. The SMILES string of the molecule is [B]C1(N)CCCC(C)CCC1. The topological polar surface area (TPSA) is 26.0 Å². The lowest BCUT2D eigenvalue weighted by Crippen LogP contribution is -2.40. The Bertz CT molecular complexity index is 111. The summed E-state index contributed by atoms with van der Waals surface area (Å²) in [6, 6.07) is 0. The molecule has 0 aliphatic heterocycles. The molecule has 2 radical (unpaired) electrons. The molecule has 62 valence electrons. The maximum atomic E-state index is 5.87. The predicted octanol–water partition coefficient (Wildman–Crippen LogP) is 1.80. The summed E-state index contributed by atoms with van der Waals surface area (Å²) in [5.41, 5.74) is 5.51. The minimum atomic E-state index is -0.361. The van der Waals surface area contributed by atoms with E-state index in [4.69, 9.17) is 13.6 Å². The van der Waals surface area contributed by atoms with Crippen molar-refractivity contribution in [3.8, 4) is 0 Å². The van der Waals surface area contributed by atoms with Crippen molar-refractivity contribution in [2.75, 3.05) is 0 Å². The van der Waals surface area contributed by atoms with Crippen LogP contribution in [0.5, 0.6) is 0 Å². The zero-order valence-electron chi connectivity index (χ0n) is 7.47. The first kappa shape index (κ1) is 9.12. The van der Waals surface area contributed by atoms with Crippen LogP contribution in [0.1, 0.15) is 45.4 Å². The molecule has 0 aromatic rings. The van der Waals surface area contributed by atoms with Crippen LogP contribution in [0.25, 0.3) is 0 Å². The third-order valence-corrected chi connectivity index (χ3v) is 2.68. The van der Waals surface area contributed by atoms with Gasteiger partial charge < -0.3 is 5.73 Å². The zero-order chi connectivity index (χ0) is 8.32. The molecule has 0 heterocycles. The Morgan fingerprint density at radius 2 is 1.73 bits per heavy atom. The van der Waals surface area contributed by atoms with Crippen molar-refractivity contribution in [3.05, 3.63) is 0 Å². The van der Waals surface area contributed by atoms with Crippen molar-refractivity contribution in [2.24, 2.45) is 11.7 Å². The summed E-state index contributed by atoms with van der Waals surface area (Å²) >= 11 is 0. The van der Waals surface area contributed by atoms with E-state index in [9.17, 15) is 0 Å². The Morgan fingerprint density at radius 1 is 1.27 bits per heavy atom. The first-order valence-electron chi connectivity index (χ1n) is 4.68. The molecule has 0 amide bonds. The van der Waals surface area contributed by atoms with Gasteiger partial charge in [0.25, 0.3) is 0 Å². The molecule has 0 aromatic heterocycles. The summed E-state index contributed by atoms with van der Waals surface area (Å²) in [7, 11) is 5.87. The monoisotopic (exact) mass is 151 g/mol. The normalized spacial score (nSPS) is 41.1. The van der Waals surface area contributed by atoms with E-state index in [1.807, 2.05) is 0 Å². The van der Waals surface area contributed by atoms with Crippen LogP contribution in [-0.2, 0) is 0 Å². The smallest absolute Gasteiger partial charge is 0.0950 e. The van der Waals surface area contributed by atoms with E-state index in [1.165, 1.54) is 25.7 Å². The number of hydrogen-bond acceptors (Lipinski definition) is 1. The van der Waals surface area contributed by atoms with Gasteiger partial charge in [0.15, 0.2) is 0 Å². The van der Waals surface area contributed by atoms with Gasteiger partial charge in [-0.3, -0.25) is 0 Å². The summed E-state index contributed by atoms with van der Waals surface area (Å²) in [5, 5.41) is 0. The van der Waals surface area contributed by atoms with Gasteiger partial charge in [0.1, 0.15) is 0 Å². The molecule has 1 saturated carbocycles. The Kier molecular flexibility index (Phi) is 3.00.